The van der Waals surface area contributed by atoms with Crippen molar-refractivity contribution in [3.05, 3.63) is 59.2 Å². The Kier molecular flexibility index (Phi) is 3.98. The van der Waals surface area contributed by atoms with E-state index in [4.69, 9.17) is 4.74 Å². The van der Waals surface area contributed by atoms with Crippen molar-refractivity contribution in [2.24, 2.45) is 0 Å². The van der Waals surface area contributed by atoms with Gasteiger partial charge in [0, 0.05) is 5.69 Å². The highest BCUT2D eigenvalue weighted by atomic mass is 19.1. The third-order valence-corrected chi connectivity index (χ3v) is 2.84. The third-order valence-electron chi connectivity index (χ3n) is 2.84. The first-order valence-corrected chi connectivity index (χ1v) is 5.92. The molecule has 2 aromatic carbocycles. The van der Waals surface area contributed by atoms with Gasteiger partial charge in [-0.25, -0.2) is 8.78 Å². The van der Waals surface area contributed by atoms with Crippen LogP contribution >= 0.6 is 0 Å². The van der Waals surface area contributed by atoms with Gasteiger partial charge in [-0.15, -0.1) is 0 Å². The van der Waals surface area contributed by atoms with Gasteiger partial charge in [0.25, 0.3) is 5.91 Å². The number of anilines is 1. The van der Waals surface area contributed by atoms with E-state index in [2.05, 4.69) is 5.32 Å². The minimum absolute atomic E-state index is 0.0798. The quantitative estimate of drug-likeness (QED) is 0.932. The van der Waals surface area contributed by atoms with E-state index in [0.29, 0.717) is 11.3 Å². The molecule has 1 amide bonds. The van der Waals surface area contributed by atoms with E-state index in [-0.39, 0.29) is 17.1 Å². The predicted molar refractivity (Wildman–Crippen MR) is 72.0 cm³/mol. The summed E-state index contributed by atoms with van der Waals surface area (Å²) in [7, 11) is 1.40. The van der Waals surface area contributed by atoms with Crippen molar-refractivity contribution in [3.8, 4) is 5.75 Å². The Hall–Kier alpha value is -2.43. The maximum absolute atomic E-state index is 13.2. The van der Waals surface area contributed by atoms with Gasteiger partial charge >= 0.3 is 0 Å². The monoisotopic (exact) mass is 277 g/mol. The van der Waals surface area contributed by atoms with Crippen LogP contribution in [0.4, 0.5) is 14.5 Å². The van der Waals surface area contributed by atoms with Crippen LogP contribution in [0.5, 0.6) is 5.75 Å². The number of hydrogen-bond acceptors (Lipinski definition) is 2. The highest BCUT2D eigenvalue weighted by molar-refractivity contribution is 6.06. The van der Waals surface area contributed by atoms with Gasteiger partial charge in [-0.1, -0.05) is 0 Å². The summed E-state index contributed by atoms with van der Waals surface area (Å²) in [6.45, 7) is 1.67. The topological polar surface area (TPSA) is 38.3 Å². The Bertz CT molecular complexity index is 656. The first-order chi connectivity index (χ1) is 9.51. The Labute approximate surface area is 115 Å². The van der Waals surface area contributed by atoms with E-state index in [1.807, 2.05) is 0 Å². The summed E-state index contributed by atoms with van der Waals surface area (Å²) < 4.78 is 31.2. The van der Waals surface area contributed by atoms with Crippen LogP contribution in [0.15, 0.2) is 36.4 Å². The Morgan fingerprint density at radius 1 is 1.10 bits per heavy atom. The van der Waals surface area contributed by atoms with Crippen LogP contribution in [-0.2, 0) is 0 Å². The average molecular weight is 277 g/mol. The van der Waals surface area contributed by atoms with Crippen LogP contribution in [0, 0.1) is 18.6 Å². The van der Waals surface area contributed by atoms with Crippen molar-refractivity contribution >= 4 is 11.6 Å². The molecule has 0 aromatic heterocycles. The molecule has 0 bridgehead atoms. The van der Waals surface area contributed by atoms with Gasteiger partial charge < -0.3 is 10.1 Å². The third kappa shape index (κ3) is 2.93. The second-order valence-corrected chi connectivity index (χ2v) is 4.26. The SMILES string of the molecule is COc1ccc(F)cc1C(=O)Nc1ccc(F)cc1C. The average Bonchev–Trinajstić information content (AvgIpc) is 2.41. The van der Waals surface area contributed by atoms with Crippen molar-refractivity contribution in [1.82, 2.24) is 0 Å². The molecule has 0 heterocycles. The van der Waals surface area contributed by atoms with Gasteiger partial charge in [0.15, 0.2) is 0 Å². The smallest absolute Gasteiger partial charge is 0.259 e. The van der Waals surface area contributed by atoms with Gasteiger partial charge in [-0.3, -0.25) is 4.79 Å². The zero-order valence-corrected chi connectivity index (χ0v) is 11.0. The van der Waals surface area contributed by atoms with Crippen LogP contribution in [0.3, 0.4) is 0 Å². The van der Waals surface area contributed by atoms with E-state index >= 15 is 0 Å². The molecule has 2 rings (SSSR count). The fourth-order valence-corrected chi connectivity index (χ4v) is 1.81. The summed E-state index contributed by atoms with van der Waals surface area (Å²) in [6.07, 6.45) is 0. The van der Waals surface area contributed by atoms with E-state index in [1.165, 1.54) is 37.4 Å². The molecule has 1 N–H and O–H groups in total. The first kappa shape index (κ1) is 14.0. The minimum Gasteiger partial charge on any atom is -0.496 e. The summed E-state index contributed by atoms with van der Waals surface area (Å²) in [4.78, 5) is 12.1. The molecule has 0 aliphatic heterocycles. The molecule has 5 heteroatoms. The maximum atomic E-state index is 13.2. The first-order valence-electron chi connectivity index (χ1n) is 5.92. The molecule has 2 aromatic rings. The molecule has 0 saturated carbocycles. The second kappa shape index (κ2) is 5.69. The molecular formula is C15H13F2NO2. The number of rotatable bonds is 3. The number of carbonyl (C=O) groups is 1. The molecule has 0 aliphatic carbocycles. The lowest BCUT2D eigenvalue weighted by molar-refractivity contribution is 0.102. The summed E-state index contributed by atoms with van der Waals surface area (Å²) in [5.74, 6) is -1.17. The number of methoxy groups -OCH3 is 1. The van der Waals surface area contributed by atoms with E-state index in [1.54, 1.807) is 6.92 Å². The highest BCUT2D eigenvalue weighted by Gasteiger charge is 2.14. The summed E-state index contributed by atoms with van der Waals surface area (Å²) in [5.41, 5.74) is 1.12. The number of nitrogens with one attached hydrogen (secondary N) is 1. The summed E-state index contributed by atoms with van der Waals surface area (Å²) in [6, 6.07) is 7.67. The zero-order chi connectivity index (χ0) is 14.7. The van der Waals surface area contributed by atoms with Gasteiger partial charge in [0.05, 0.1) is 12.7 Å². The lowest BCUT2D eigenvalue weighted by Gasteiger charge is -2.11. The van der Waals surface area contributed by atoms with Gasteiger partial charge in [-0.05, 0) is 48.9 Å². The number of carbonyl (C=O) groups excluding carboxylic acids is 1. The van der Waals surface area contributed by atoms with Crippen LogP contribution in [0.1, 0.15) is 15.9 Å². The van der Waals surface area contributed by atoms with Crippen molar-refractivity contribution in [2.75, 3.05) is 12.4 Å². The Morgan fingerprint density at radius 2 is 1.75 bits per heavy atom. The number of hydrogen-bond donors (Lipinski definition) is 1. The van der Waals surface area contributed by atoms with Crippen molar-refractivity contribution in [3.63, 3.8) is 0 Å². The molecule has 0 saturated heterocycles. The number of amides is 1. The fourth-order valence-electron chi connectivity index (χ4n) is 1.81. The second-order valence-electron chi connectivity index (χ2n) is 4.26. The maximum Gasteiger partial charge on any atom is 0.259 e. The van der Waals surface area contributed by atoms with E-state index in [0.717, 1.165) is 6.07 Å². The molecule has 3 nitrogen and oxygen atoms in total. The molecule has 0 atom stereocenters. The molecule has 0 aliphatic rings. The van der Waals surface area contributed by atoms with Crippen molar-refractivity contribution in [1.29, 1.82) is 0 Å². The van der Waals surface area contributed by atoms with Gasteiger partial charge in [0.1, 0.15) is 17.4 Å². The number of benzene rings is 2. The normalized spacial score (nSPS) is 10.2. The minimum atomic E-state index is -0.535. The van der Waals surface area contributed by atoms with Crippen molar-refractivity contribution < 1.29 is 18.3 Å². The molecule has 0 fully saturated rings. The lowest BCUT2D eigenvalue weighted by Crippen LogP contribution is -2.14. The van der Waals surface area contributed by atoms with E-state index < -0.39 is 11.7 Å². The number of halogens is 2. The molecule has 104 valence electrons. The van der Waals surface area contributed by atoms with Crippen LogP contribution < -0.4 is 10.1 Å². The Balaban J connectivity index is 2.30. The fraction of sp³-hybridized carbons (Fsp3) is 0.133. The Morgan fingerprint density at radius 3 is 2.40 bits per heavy atom. The summed E-state index contributed by atoms with van der Waals surface area (Å²) >= 11 is 0. The molecule has 20 heavy (non-hydrogen) atoms. The standard InChI is InChI=1S/C15H13F2NO2/c1-9-7-10(16)3-5-13(9)18-15(19)12-8-11(17)4-6-14(12)20-2/h3-8H,1-2H3,(H,18,19). The van der Waals surface area contributed by atoms with Gasteiger partial charge in [0.2, 0.25) is 0 Å². The molecular weight excluding hydrogens is 264 g/mol. The molecule has 0 spiro atoms. The highest BCUT2D eigenvalue weighted by Crippen LogP contribution is 2.22. The largest absolute Gasteiger partial charge is 0.496 e. The molecule has 0 radical (unpaired) electrons. The molecule has 0 unspecified atom stereocenters. The number of ether oxygens (including phenoxy) is 1. The lowest BCUT2D eigenvalue weighted by atomic mass is 10.1. The van der Waals surface area contributed by atoms with Crippen LogP contribution in [-0.4, -0.2) is 13.0 Å². The van der Waals surface area contributed by atoms with Crippen LogP contribution in [0.25, 0.3) is 0 Å². The van der Waals surface area contributed by atoms with Crippen LogP contribution in [0.2, 0.25) is 0 Å². The van der Waals surface area contributed by atoms with E-state index in [9.17, 15) is 13.6 Å². The number of aryl methyl sites for hydroxylation is 1. The summed E-state index contributed by atoms with van der Waals surface area (Å²) in [5, 5.41) is 2.60. The van der Waals surface area contributed by atoms with Crippen molar-refractivity contribution in [2.45, 2.75) is 6.92 Å². The van der Waals surface area contributed by atoms with Gasteiger partial charge in [-0.2, -0.15) is 0 Å². The predicted octanol–water partition coefficient (Wildman–Crippen LogP) is 3.53. The zero-order valence-electron chi connectivity index (χ0n) is 11.0.